The summed E-state index contributed by atoms with van der Waals surface area (Å²) in [6.45, 7) is 2.03. The number of thioether (sulfide) groups is 1. The lowest BCUT2D eigenvalue weighted by Gasteiger charge is -2.47. The Balaban J connectivity index is 1.38. The fourth-order valence-corrected chi connectivity index (χ4v) is 5.75. The van der Waals surface area contributed by atoms with Crippen molar-refractivity contribution in [3.63, 3.8) is 0 Å². The van der Waals surface area contributed by atoms with Crippen LogP contribution in [0.5, 0.6) is 5.75 Å². The number of aryl methyl sites for hydroxylation is 1. The predicted molar refractivity (Wildman–Crippen MR) is 140 cm³/mol. The molecule has 1 amide bonds. The third-order valence-electron chi connectivity index (χ3n) is 6.46. The van der Waals surface area contributed by atoms with Crippen molar-refractivity contribution in [2.45, 2.75) is 24.3 Å². The monoisotopic (exact) mass is 500 g/mol. The molecular weight excluding hydrogens is 475 g/mol. The topological polar surface area (TPSA) is 73.7 Å². The summed E-state index contributed by atoms with van der Waals surface area (Å²) in [7, 11) is 0. The van der Waals surface area contributed by atoms with Crippen molar-refractivity contribution in [3.8, 4) is 16.9 Å². The van der Waals surface area contributed by atoms with Gasteiger partial charge in [-0.05, 0) is 71.6 Å². The summed E-state index contributed by atoms with van der Waals surface area (Å²) in [5.74, 6) is 0.0437. The van der Waals surface area contributed by atoms with Gasteiger partial charge < -0.3 is 15.1 Å². The molecular formula is C29H25FN2O3S. The van der Waals surface area contributed by atoms with Gasteiger partial charge in [-0.2, -0.15) is 0 Å². The first-order valence-corrected chi connectivity index (χ1v) is 12.7. The Kier molecular flexibility index (Phi) is 6.76. The van der Waals surface area contributed by atoms with E-state index in [0.717, 1.165) is 27.9 Å². The molecule has 0 saturated carbocycles. The predicted octanol–water partition coefficient (Wildman–Crippen LogP) is 5.83. The van der Waals surface area contributed by atoms with Gasteiger partial charge in [0.15, 0.2) is 0 Å². The van der Waals surface area contributed by atoms with E-state index in [0.29, 0.717) is 11.3 Å². The van der Waals surface area contributed by atoms with E-state index in [-0.39, 0.29) is 23.5 Å². The Morgan fingerprint density at radius 1 is 1.00 bits per heavy atom. The number of halogens is 1. The highest BCUT2D eigenvalue weighted by Crippen LogP contribution is 2.46. The van der Waals surface area contributed by atoms with Crippen LogP contribution in [0.1, 0.15) is 28.8 Å². The summed E-state index contributed by atoms with van der Waals surface area (Å²) in [6.07, 6.45) is 2.77. The maximum Gasteiger partial charge on any atom is 0.243 e. The van der Waals surface area contributed by atoms with Crippen molar-refractivity contribution in [1.29, 1.82) is 0 Å². The molecule has 0 unspecified atom stereocenters. The first-order chi connectivity index (χ1) is 17.4. The van der Waals surface area contributed by atoms with Gasteiger partial charge in [0.2, 0.25) is 5.91 Å². The number of anilines is 1. The number of hydrogen-bond acceptors (Lipinski definition) is 5. The number of nitrogens with zero attached hydrogens (tertiary/aromatic N) is 2. The maximum atomic E-state index is 13.3. The average Bonchev–Trinajstić information content (AvgIpc) is 2.89. The highest BCUT2D eigenvalue weighted by Gasteiger charge is 2.49. The zero-order valence-corrected chi connectivity index (χ0v) is 20.4. The lowest BCUT2D eigenvalue weighted by molar-refractivity contribution is -0.123. The van der Waals surface area contributed by atoms with Gasteiger partial charge in [-0.15, -0.1) is 11.8 Å². The van der Waals surface area contributed by atoms with Crippen LogP contribution in [0.2, 0.25) is 0 Å². The zero-order valence-electron chi connectivity index (χ0n) is 19.6. The van der Waals surface area contributed by atoms with E-state index in [9.17, 15) is 19.4 Å². The largest absolute Gasteiger partial charge is 0.508 e. The number of phenolic OH excluding ortho intramolecular Hbond substituents is 1. The number of rotatable bonds is 7. The van der Waals surface area contributed by atoms with Crippen molar-refractivity contribution in [3.05, 3.63) is 114 Å². The van der Waals surface area contributed by atoms with Crippen LogP contribution in [0.25, 0.3) is 11.1 Å². The first kappa shape index (κ1) is 24.0. The van der Waals surface area contributed by atoms with Crippen LogP contribution in [-0.2, 0) is 4.79 Å². The second-order valence-corrected chi connectivity index (χ2v) is 9.98. The van der Waals surface area contributed by atoms with Crippen molar-refractivity contribution in [1.82, 2.24) is 4.98 Å². The second-order valence-electron chi connectivity index (χ2n) is 8.80. The van der Waals surface area contributed by atoms with E-state index < -0.39 is 11.4 Å². The van der Waals surface area contributed by atoms with Crippen molar-refractivity contribution >= 4 is 23.4 Å². The quantitative estimate of drug-likeness (QED) is 0.313. The summed E-state index contributed by atoms with van der Waals surface area (Å²) < 4.78 is 13.2. The number of hydrogen-bond donors (Lipinski definition) is 2. The van der Waals surface area contributed by atoms with Crippen LogP contribution in [0.3, 0.4) is 0 Å². The number of carbonyl (C=O) groups excluding carboxylic acids is 1. The fourth-order valence-electron chi connectivity index (χ4n) is 4.45. The van der Waals surface area contributed by atoms with Gasteiger partial charge in [-0.1, -0.05) is 36.4 Å². The molecule has 3 atom stereocenters. The molecule has 0 spiro atoms. The second kappa shape index (κ2) is 10.1. The summed E-state index contributed by atoms with van der Waals surface area (Å²) in [4.78, 5) is 19.3. The van der Waals surface area contributed by atoms with Crippen LogP contribution < -0.4 is 4.90 Å². The SMILES string of the molecule is Cc1ccncc1-c1ccc(N2C(=O)[C@H](SC[C@H](O)c3ccc(F)cc3)[C@H]2c2ccc(O)cc2)cc1. The molecule has 1 aliphatic heterocycles. The normalized spacial score (nSPS) is 18.1. The van der Waals surface area contributed by atoms with Crippen molar-refractivity contribution in [2.24, 2.45) is 0 Å². The molecule has 0 bridgehead atoms. The number of amides is 1. The Labute approximate surface area is 213 Å². The van der Waals surface area contributed by atoms with E-state index >= 15 is 0 Å². The van der Waals surface area contributed by atoms with Crippen LogP contribution in [-0.4, -0.2) is 32.1 Å². The number of aliphatic hydroxyl groups excluding tert-OH is 1. The summed E-state index contributed by atoms with van der Waals surface area (Å²) in [5.41, 5.74) is 5.46. The highest BCUT2D eigenvalue weighted by atomic mass is 32.2. The van der Waals surface area contributed by atoms with E-state index in [1.165, 1.54) is 23.9 Å². The van der Waals surface area contributed by atoms with E-state index in [4.69, 9.17) is 0 Å². The van der Waals surface area contributed by atoms with Gasteiger partial charge in [-0.25, -0.2) is 4.39 Å². The lowest BCUT2D eigenvalue weighted by atomic mass is 9.91. The minimum absolute atomic E-state index is 0.0466. The number of benzene rings is 3. The number of aromatic nitrogens is 1. The minimum Gasteiger partial charge on any atom is -0.508 e. The van der Waals surface area contributed by atoms with E-state index in [2.05, 4.69) is 4.98 Å². The molecule has 182 valence electrons. The summed E-state index contributed by atoms with van der Waals surface area (Å²) in [6, 6.07) is 22.1. The van der Waals surface area contributed by atoms with Gasteiger partial charge in [0.25, 0.3) is 0 Å². The molecule has 2 N–H and O–H groups in total. The van der Waals surface area contributed by atoms with Crippen LogP contribution >= 0.6 is 11.8 Å². The minimum atomic E-state index is -0.820. The standard InChI is InChI=1S/C29H25FN2O3S/c1-18-14-15-31-16-25(18)19-4-10-23(11-5-19)32-27(21-6-12-24(33)13-7-21)28(29(32)35)36-17-26(34)20-2-8-22(30)9-3-20/h2-16,26-28,33-34H,17H2,1H3/t26-,27+,28+/m0/s1. The van der Waals surface area contributed by atoms with Gasteiger partial charge >= 0.3 is 0 Å². The third kappa shape index (κ3) is 4.72. The first-order valence-electron chi connectivity index (χ1n) is 11.6. The number of aromatic hydroxyl groups is 1. The number of carbonyl (C=O) groups is 1. The van der Waals surface area contributed by atoms with Crippen LogP contribution in [0.4, 0.5) is 10.1 Å². The van der Waals surface area contributed by atoms with Crippen molar-refractivity contribution < 1.29 is 19.4 Å². The van der Waals surface area contributed by atoms with Crippen LogP contribution in [0.15, 0.2) is 91.3 Å². The number of pyridine rings is 1. The fraction of sp³-hybridized carbons (Fsp3) is 0.172. The molecule has 1 saturated heterocycles. The Bertz CT molecular complexity index is 1360. The zero-order chi connectivity index (χ0) is 25.2. The van der Waals surface area contributed by atoms with Gasteiger partial charge in [0.1, 0.15) is 16.8 Å². The number of β-lactam (4-membered cyclic amide) rings is 1. The Hall–Kier alpha value is -3.68. The van der Waals surface area contributed by atoms with Gasteiger partial charge in [0, 0.05) is 29.4 Å². The average molecular weight is 501 g/mol. The molecule has 0 aliphatic carbocycles. The van der Waals surface area contributed by atoms with Gasteiger partial charge in [-0.3, -0.25) is 9.78 Å². The number of phenols is 1. The number of aliphatic hydroxyl groups is 1. The van der Waals surface area contributed by atoms with Gasteiger partial charge in [0.05, 0.1) is 12.1 Å². The summed E-state index contributed by atoms with van der Waals surface area (Å²) >= 11 is 1.38. The molecule has 5 rings (SSSR count). The highest BCUT2D eigenvalue weighted by molar-refractivity contribution is 8.00. The van der Waals surface area contributed by atoms with E-state index in [1.54, 1.807) is 35.4 Å². The smallest absolute Gasteiger partial charge is 0.243 e. The lowest BCUT2D eigenvalue weighted by Crippen LogP contribution is -2.57. The maximum absolute atomic E-state index is 13.3. The molecule has 1 aromatic heterocycles. The molecule has 2 heterocycles. The van der Waals surface area contributed by atoms with Crippen LogP contribution in [0, 0.1) is 12.7 Å². The molecule has 0 radical (unpaired) electrons. The Morgan fingerprint density at radius 3 is 2.36 bits per heavy atom. The van der Waals surface area contributed by atoms with E-state index in [1.807, 2.05) is 55.6 Å². The third-order valence-corrected chi connectivity index (χ3v) is 7.79. The molecule has 5 nitrogen and oxygen atoms in total. The molecule has 36 heavy (non-hydrogen) atoms. The Morgan fingerprint density at radius 2 is 1.69 bits per heavy atom. The molecule has 1 aliphatic rings. The molecule has 1 fully saturated rings. The summed E-state index contributed by atoms with van der Waals surface area (Å²) in [5, 5.41) is 20.0. The molecule has 7 heteroatoms. The van der Waals surface area contributed by atoms with Crippen molar-refractivity contribution in [2.75, 3.05) is 10.7 Å². The molecule has 4 aromatic rings. The molecule has 3 aromatic carbocycles.